The highest BCUT2D eigenvalue weighted by molar-refractivity contribution is 5.98. The summed E-state index contributed by atoms with van der Waals surface area (Å²) < 4.78 is 23.7. The minimum absolute atomic E-state index is 0.143. The highest BCUT2D eigenvalue weighted by atomic mass is 19.1. The monoisotopic (exact) mass is 399 g/mol. The number of ether oxygens (including phenoxy) is 2. The Bertz CT molecular complexity index is 933. The molecule has 0 spiro atoms. The number of hydrogen-bond donors (Lipinski definition) is 0. The Labute approximate surface area is 170 Å². The van der Waals surface area contributed by atoms with Gasteiger partial charge in [-0.2, -0.15) is 0 Å². The molecule has 0 saturated carbocycles. The Morgan fingerprint density at radius 2 is 1.72 bits per heavy atom. The van der Waals surface area contributed by atoms with E-state index >= 15 is 0 Å². The molecular formula is C23H26FNO4. The number of fused-ring (bicyclic) bond motifs is 1. The third-order valence-electron chi connectivity index (χ3n) is 4.99. The molecule has 1 amide bonds. The summed E-state index contributed by atoms with van der Waals surface area (Å²) >= 11 is 0. The summed E-state index contributed by atoms with van der Waals surface area (Å²) in [6.07, 6.45) is 0.0450. The van der Waals surface area contributed by atoms with Gasteiger partial charge in [-0.15, -0.1) is 0 Å². The van der Waals surface area contributed by atoms with E-state index in [2.05, 4.69) is 0 Å². The molecule has 5 nitrogen and oxygen atoms in total. The van der Waals surface area contributed by atoms with Gasteiger partial charge in [0.25, 0.3) is 0 Å². The second-order valence-electron chi connectivity index (χ2n) is 8.54. The maximum atomic E-state index is 13.2. The van der Waals surface area contributed by atoms with E-state index in [0.29, 0.717) is 12.1 Å². The number of esters is 1. The van der Waals surface area contributed by atoms with E-state index in [1.165, 1.54) is 24.1 Å². The van der Waals surface area contributed by atoms with Gasteiger partial charge in [0, 0.05) is 6.54 Å². The van der Waals surface area contributed by atoms with Gasteiger partial charge in [-0.25, -0.2) is 9.18 Å². The lowest BCUT2D eigenvalue weighted by molar-refractivity contribution is -0.160. The van der Waals surface area contributed by atoms with Crippen LogP contribution in [0.4, 0.5) is 14.9 Å². The predicted octanol–water partition coefficient (Wildman–Crippen LogP) is 4.60. The van der Waals surface area contributed by atoms with Crippen LogP contribution in [0.3, 0.4) is 0 Å². The number of carbonyl (C=O) groups is 2. The molecule has 0 aliphatic carbocycles. The molecule has 3 rings (SSSR count). The summed E-state index contributed by atoms with van der Waals surface area (Å²) in [5.41, 5.74) is 1.61. The van der Waals surface area contributed by atoms with E-state index in [9.17, 15) is 14.0 Å². The molecule has 1 heterocycles. The minimum atomic E-state index is -0.995. The SMILES string of the molecule is COC(=O)N1CC(C)(C(=O)OC(C)(C)C)c2ccc(Cc3ccc(F)cc3)cc21. The maximum absolute atomic E-state index is 13.2. The number of hydrogen-bond acceptors (Lipinski definition) is 4. The smallest absolute Gasteiger partial charge is 0.414 e. The molecule has 2 aromatic rings. The molecule has 29 heavy (non-hydrogen) atoms. The van der Waals surface area contributed by atoms with Crippen molar-refractivity contribution in [3.63, 3.8) is 0 Å². The number of rotatable bonds is 3. The van der Waals surface area contributed by atoms with Gasteiger partial charge in [0.2, 0.25) is 0 Å². The summed E-state index contributed by atoms with van der Waals surface area (Å²) in [6.45, 7) is 7.36. The number of amides is 1. The van der Waals surface area contributed by atoms with Crippen LogP contribution in [0, 0.1) is 5.82 Å². The topological polar surface area (TPSA) is 55.8 Å². The van der Waals surface area contributed by atoms with Crippen LogP contribution in [0.5, 0.6) is 0 Å². The molecule has 0 saturated heterocycles. The first-order chi connectivity index (χ1) is 13.5. The largest absolute Gasteiger partial charge is 0.459 e. The van der Waals surface area contributed by atoms with E-state index in [1.807, 2.05) is 39.0 Å². The van der Waals surface area contributed by atoms with Crippen LogP contribution >= 0.6 is 0 Å². The quantitative estimate of drug-likeness (QED) is 0.708. The Morgan fingerprint density at radius 1 is 1.10 bits per heavy atom. The minimum Gasteiger partial charge on any atom is -0.459 e. The van der Waals surface area contributed by atoms with Gasteiger partial charge in [-0.1, -0.05) is 24.3 Å². The van der Waals surface area contributed by atoms with Gasteiger partial charge < -0.3 is 9.47 Å². The predicted molar refractivity (Wildman–Crippen MR) is 109 cm³/mol. The van der Waals surface area contributed by atoms with Crippen molar-refractivity contribution in [3.05, 3.63) is 65.0 Å². The number of methoxy groups -OCH3 is 1. The fourth-order valence-corrected chi connectivity index (χ4v) is 3.54. The van der Waals surface area contributed by atoms with Crippen molar-refractivity contribution in [2.45, 2.75) is 45.1 Å². The van der Waals surface area contributed by atoms with Crippen molar-refractivity contribution in [1.29, 1.82) is 0 Å². The Kier molecular flexibility index (Phi) is 5.39. The van der Waals surface area contributed by atoms with Crippen LogP contribution in [0.2, 0.25) is 0 Å². The van der Waals surface area contributed by atoms with Crippen LogP contribution < -0.4 is 4.90 Å². The average Bonchev–Trinajstić information content (AvgIpc) is 2.95. The molecule has 1 aliphatic heterocycles. The first-order valence-electron chi connectivity index (χ1n) is 9.50. The standard InChI is InChI=1S/C23H26FNO4/c1-22(2,3)29-20(26)23(4)14-25(21(27)28-5)19-13-16(8-11-18(19)23)12-15-6-9-17(24)10-7-15/h6-11,13H,12,14H2,1-5H3. The summed E-state index contributed by atoms with van der Waals surface area (Å²) in [5, 5.41) is 0. The van der Waals surface area contributed by atoms with E-state index < -0.39 is 17.1 Å². The van der Waals surface area contributed by atoms with Gasteiger partial charge in [-0.05, 0) is 69.0 Å². The molecule has 0 bridgehead atoms. The fourth-order valence-electron chi connectivity index (χ4n) is 3.54. The fraction of sp³-hybridized carbons (Fsp3) is 0.391. The second-order valence-corrected chi connectivity index (χ2v) is 8.54. The van der Waals surface area contributed by atoms with Gasteiger partial charge in [-0.3, -0.25) is 9.69 Å². The van der Waals surface area contributed by atoms with Crippen LogP contribution in [0.1, 0.15) is 44.4 Å². The molecule has 0 aromatic heterocycles. The van der Waals surface area contributed by atoms with Crippen LogP contribution in [0.15, 0.2) is 42.5 Å². The average molecular weight is 399 g/mol. The summed E-state index contributed by atoms with van der Waals surface area (Å²) in [6, 6.07) is 12.0. The van der Waals surface area contributed by atoms with E-state index in [-0.39, 0.29) is 18.3 Å². The van der Waals surface area contributed by atoms with Crippen molar-refractivity contribution < 1.29 is 23.5 Å². The van der Waals surface area contributed by atoms with Gasteiger partial charge >= 0.3 is 12.1 Å². The summed E-state index contributed by atoms with van der Waals surface area (Å²) in [5.74, 6) is -0.670. The molecule has 6 heteroatoms. The molecular weight excluding hydrogens is 373 g/mol. The molecule has 154 valence electrons. The molecule has 1 unspecified atom stereocenters. The van der Waals surface area contributed by atoms with Crippen molar-refractivity contribution in [2.24, 2.45) is 0 Å². The molecule has 1 aliphatic rings. The highest BCUT2D eigenvalue weighted by Gasteiger charge is 2.49. The number of halogens is 1. The Balaban J connectivity index is 1.98. The molecule has 1 atom stereocenters. The third-order valence-corrected chi connectivity index (χ3v) is 4.99. The van der Waals surface area contributed by atoms with Crippen LogP contribution in [-0.2, 0) is 26.1 Å². The molecule has 0 N–H and O–H groups in total. The Hall–Kier alpha value is -2.89. The third kappa shape index (κ3) is 4.26. The second kappa shape index (κ2) is 7.50. The van der Waals surface area contributed by atoms with Crippen LogP contribution in [0.25, 0.3) is 0 Å². The van der Waals surface area contributed by atoms with Crippen molar-refractivity contribution >= 4 is 17.7 Å². The van der Waals surface area contributed by atoms with E-state index in [0.717, 1.165) is 16.7 Å². The molecule has 0 radical (unpaired) electrons. The maximum Gasteiger partial charge on any atom is 0.414 e. The van der Waals surface area contributed by atoms with Crippen molar-refractivity contribution in [3.8, 4) is 0 Å². The van der Waals surface area contributed by atoms with Gasteiger partial charge in [0.15, 0.2) is 0 Å². The first-order valence-corrected chi connectivity index (χ1v) is 9.50. The first kappa shape index (κ1) is 20.8. The lowest BCUT2D eigenvalue weighted by atomic mass is 9.83. The highest BCUT2D eigenvalue weighted by Crippen LogP contribution is 2.43. The zero-order valence-corrected chi connectivity index (χ0v) is 17.4. The zero-order chi connectivity index (χ0) is 21.4. The number of benzene rings is 2. The number of carbonyl (C=O) groups excluding carboxylic acids is 2. The molecule has 0 fully saturated rings. The lowest BCUT2D eigenvalue weighted by Gasteiger charge is -2.28. The molecule has 2 aromatic carbocycles. The zero-order valence-electron chi connectivity index (χ0n) is 17.4. The summed E-state index contributed by atoms with van der Waals surface area (Å²) in [7, 11) is 1.31. The normalized spacial score (nSPS) is 18.3. The van der Waals surface area contributed by atoms with Gasteiger partial charge in [0.05, 0.1) is 12.8 Å². The van der Waals surface area contributed by atoms with Crippen LogP contribution in [-0.4, -0.2) is 31.3 Å². The summed E-state index contributed by atoms with van der Waals surface area (Å²) in [4.78, 5) is 26.8. The van der Waals surface area contributed by atoms with E-state index in [1.54, 1.807) is 19.1 Å². The number of nitrogens with zero attached hydrogens (tertiary/aromatic N) is 1. The number of anilines is 1. The van der Waals surface area contributed by atoms with Crippen molar-refractivity contribution in [1.82, 2.24) is 0 Å². The van der Waals surface area contributed by atoms with Gasteiger partial charge in [0.1, 0.15) is 16.8 Å². The Morgan fingerprint density at radius 3 is 2.31 bits per heavy atom. The van der Waals surface area contributed by atoms with E-state index in [4.69, 9.17) is 9.47 Å². The lowest BCUT2D eigenvalue weighted by Crippen LogP contribution is -2.43. The van der Waals surface area contributed by atoms with Crippen molar-refractivity contribution in [2.75, 3.05) is 18.6 Å².